The number of imidazole rings is 1. The molecule has 0 saturated carbocycles. The maximum atomic E-state index is 16.1. The highest BCUT2D eigenvalue weighted by Crippen LogP contribution is 2.35. The van der Waals surface area contributed by atoms with Gasteiger partial charge in [-0.1, -0.05) is 20.8 Å². The van der Waals surface area contributed by atoms with Gasteiger partial charge in [0, 0.05) is 46.9 Å². The molecule has 3 N–H and O–H groups in total. The molecule has 1 amide bonds. The number of anilines is 1. The van der Waals surface area contributed by atoms with Crippen LogP contribution in [0.4, 0.5) is 10.1 Å². The second kappa shape index (κ2) is 8.84. The number of nitrogens with one attached hydrogen (secondary N) is 3. The van der Waals surface area contributed by atoms with Crippen molar-refractivity contribution < 1.29 is 9.18 Å². The summed E-state index contributed by atoms with van der Waals surface area (Å²) in [6.07, 6.45) is 8.21. The van der Waals surface area contributed by atoms with Gasteiger partial charge >= 0.3 is 0 Å². The Labute approximate surface area is 216 Å². The van der Waals surface area contributed by atoms with Crippen LogP contribution in [-0.4, -0.2) is 41.0 Å². The van der Waals surface area contributed by atoms with Crippen molar-refractivity contribution in [1.82, 2.24) is 35.1 Å². The molecule has 0 fully saturated rings. The van der Waals surface area contributed by atoms with E-state index in [1.807, 2.05) is 39.0 Å². The predicted molar refractivity (Wildman–Crippen MR) is 143 cm³/mol. The Bertz CT molecular complexity index is 1820. The molecule has 0 aliphatic rings. The van der Waals surface area contributed by atoms with E-state index >= 15 is 4.39 Å². The van der Waals surface area contributed by atoms with Gasteiger partial charge in [-0.05, 0) is 42.0 Å². The number of benzene rings is 1. The van der Waals surface area contributed by atoms with Gasteiger partial charge in [0.15, 0.2) is 11.5 Å². The fourth-order valence-corrected chi connectivity index (χ4v) is 4.24. The van der Waals surface area contributed by atoms with Crippen LogP contribution in [0.3, 0.4) is 0 Å². The van der Waals surface area contributed by atoms with Crippen LogP contribution in [-0.2, 0) is 4.79 Å². The van der Waals surface area contributed by atoms with Gasteiger partial charge in [-0.25, -0.2) is 14.4 Å². The summed E-state index contributed by atoms with van der Waals surface area (Å²) in [4.78, 5) is 33.0. The van der Waals surface area contributed by atoms with E-state index in [1.54, 1.807) is 43.0 Å². The van der Waals surface area contributed by atoms with Gasteiger partial charge in [-0.2, -0.15) is 5.10 Å². The van der Waals surface area contributed by atoms with Crippen LogP contribution < -0.4 is 5.32 Å². The zero-order valence-corrected chi connectivity index (χ0v) is 20.9. The molecule has 0 aliphatic heterocycles. The smallest absolute Gasteiger partial charge is 0.229 e. The molecule has 0 aliphatic carbocycles. The average molecular weight is 507 g/mol. The van der Waals surface area contributed by atoms with E-state index in [9.17, 15) is 4.79 Å². The molecule has 9 nitrogen and oxygen atoms in total. The number of pyridine rings is 3. The van der Waals surface area contributed by atoms with Gasteiger partial charge in [0.25, 0.3) is 0 Å². The Hall–Kier alpha value is -4.99. The molecule has 6 aromatic rings. The molecule has 188 valence electrons. The van der Waals surface area contributed by atoms with E-state index in [0.717, 1.165) is 11.1 Å². The molecule has 5 heterocycles. The molecule has 0 atom stereocenters. The lowest BCUT2D eigenvalue weighted by molar-refractivity contribution is -0.123. The largest absolute Gasteiger partial charge is 0.335 e. The monoisotopic (exact) mass is 506 g/mol. The average Bonchev–Trinajstić information content (AvgIpc) is 3.54. The molecule has 0 bridgehead atoms. The molecule has 0 spiro atoms. The summed E-state index contributed by atoms with van der Waals surface area (Å²) < 4.78 is 16.1. The number of fused-ring (bicyclic) bond motifs is 2. The van der Waals surface area contributed by atoms with E-state index in [2.05, 4.69) is 40.4 Å². The first-order valence-corrected chi connectivity index (χ1v) is 12.0. The lowest BCUT2D eigenvalue weighted by Gasteiger charge is -2.17. The van der Waals surface area contributed by atoms with Crippen LogP contribution in [0.25, 0.3) is 55.8 Å². The normalized spacial score (nSPS) is 11.8. The number of nitrogens with zero attached hydrogens (tertiary/aromatic N) is 5. The number of carbonyl (C=O) groups is 1. The Balaban J connectivity index is 1.44. The maximum Gasteiger partial charge on any atom is 0.229 e. The summed E-state index contributed by atoms with van der Waals surface area (Å²) in [6.45, 7) is 5.46. The number of carbonyl (C=O) groups excluding carboxylic acids is 1. The molecule has 5 aromatic heterocycles. The second-order valence-corrected chi connectivity index (χ2v) is 9.97. The maximum absolute atomic E-state index is 16.1. The first-order valence-electron chi connectivity index (χ1n) is 12.0. The Morgan fingerprint density at radius 3 is 2.55 bits per heavy atom. The van der Waals surface area contributed by atoms with Gasteiger partial charge in [0.1, 0.15) is 11.5 Å². The Morgan fingerprint density at radius 1 is 0.947 bits per heavy atom. The zero-order valence-electron chi connectivity index (χ0n) is 20.9. The highest BCUT2D eigenvalue weighted by atomic mass is 19.1. The summed E-state index contributed by atoms with van der Waals surface area (Å²) in [5, 5.41) is 10.4. The molecular formula is C28H23FN8O. The van der Waals surface area contributed by atoms with Crippen LogP contribution in [0.1, 0.15) is 20.8 Å². The first-order chi connectivity index (χ1) is 18.3. The number of H-pyrrole nitrogens is 2. The van der Waals surface area contributed by atoms with E-state index in [0.29, 0.717) is 45.0 Å². The van der Waals surface area contributed by atoms with Crippen molar-refractivity contribution in [3.63, 3.8) is 0 Å². The molecule has 1 aromatic carbocycles. The van der Waals surface area contributed by atoms with Crippen molar-refractivity contribution in [2.45, 2.75) is 20.8 Å². The Kier molecular flexibility index (Phi) is 5.45. The number of aromatic amines is 2. The summed E-state index contributed by atoms with van der Waals surface area (Å²) in [5.41, 5.74) is 4.68. The van der Waals surface area contributed by atoms with Gasteiger partial charge in [-0.3, -0.25) is 19.9 Å². The number of rotatable bonds is 4. The van der Waals surface area contributed by atoms with Crippen molar-refractivity contribution in [1.29, 1.82) is 0 Å². The summed E-state index contributed by atoms with van der Waals surface area (Å²) in [6, 6.07) is 10.8. The third kappa shape index (κ3) is 4.05. The fourth-order valence-electron chi connectivity index (χ4n) is 4.24. The molecule has 10 heteroatoms. The molecule has 38 heavy (non-hydrogen) atoms. The number of amides is 1. The molecule has 0 radical (unpaired) electrons. The molecule has 0 unspecified atom stereocenters. The first kappa shape index (κ1) is 23.4. The number of hydrogen-bond acceptors (Lipinski definition) is 6. The fraction of sp³-hybridized carbons (Fsp3) is 0.143. The van der Waals surface area contributed by atoms with Crippen LogP contribution >= 0.6 is 0 Å². The van der Waals surface area contributed by atoms with Gasteiger partial charge < -0.3 is 10.3 Å². The van der Waals surface area contributed by atoms with E-state index in [-0.39, 0.29) is 11.3 Å². The third-order valence-corrected chi connectivity index (χ3v) is 6.26. The number of halogens is 1. The SMILES string of the molecule is CC(C)(C)C(=O)Nc1cncc(-c2ccc3[nH]nc(-c4nc5nccc(-c6ccncc6)c5[nH]4)c3c2F)c1. The minimum absolute atomic E-state index is 0.158. The highest BCUT2D eigenvalue weighted by molar-refractivity contribution is 5.98. The zero-order chi connectivity index (χ0) is 26.4. The topological polar surface area (TPSA) is 125 Å². The van der Waals surface area contributed by atoms with E-state index in [4.69, 9.17) is 0 Å². The quantitative estimate of drug-likeness (QED) is 0.280. The van der Waals surface area contributed by atoms with Crippen molar-refractivity contribution in [2.75, 3.05) is 5.32 Å². The minimum Gasteiger partial charge on any atom is -0.335 e. The molecular weight excluding hydrogens is 483 g/mol. The standard InChI is InChI=1S/C28H23FN8O/c1-28(2,3)27(38)33-17-12-16(13-31-14-17)18-4-5-20-21(22(18)29)24(37-36-20)26-34-23-19(8-11-32-25(23)35-26)15-6-9-30-10-7-15/h4-14H,1-3H3,(H,33,38)(H,36,37)(H,32,34,35). The number of aromatic nitrogens is 7. The van der Waals surface area contributed by atoms with Crippen LogP contribution in [0.2, 0.25) is 0 Å². The van der Waals surface area contributed by atoms with Gasteiger partial charge in [0.05, 0.1) is 28.3 Å². The van der Waals surface area contributed by atoms with Crippen LogP contribution in [0, 0.1) is 11.2 Å². The molecule has 0 saturated heterocycles. The number of hydrogen-bond donors (Lipinski definition) is 3. The lowest BCUT2D eigenvalue weighted by Crippen LogP contribution is -2.27. The van der Waals surface area contributed by atoms with Crippen molar-refractivity contribution in [2.24, 2.45) is 5.41 Å². The predicted octanol–water partition coefficient (Wildman–Crippen LogP) is 5.75. The lowest BCUT2D eigenvalue weighted by atomic mass is 9.95. The van der Waals surface area contributed by atoms with Crippen molar-refractivity contribution >= 4 is 33.7 Å². The summed E-state index contributed by atoms with van der Waals surface area (Å²) >= 11 is 0. The van der Waals surface area contributed by atoms with Crippen LogP contribution in [0.5, 0.6) is 0 Å². The molecule has 6 rings (SSSR count). The highest BCUT2D eigenvalue weighted by Gasteiger charge is 2.23. The van der Waals surface area contributed by atoms with Crippen LogP contribution in [0.15, 0.2) is 67.4 Å². The van der Waals surface area contributed by atoms with Crippen molar-refractivity contribution in [3.8, 4) is 33.8 Å². The van der Waals surface area contributed by atoms with Crippen molar-refractivity contribution in [3.05, 3.63) is 73.2 Å². The Morgan fingerprint density at radius 2 is 1.76 bits per heavy atom. The van der Waals surface area contributed by atoms with E-state index < -0.39 is 11.2 Å². The van der Waals surface area contributed by atoms with Gasteiger partial charge in [-0.15, -0.1) is 0 Å². The second-order valence-electron chi connectivity index (χ2n) is 9.97. The van der Waals surface area contributed by atoms with Gasteiger partial charge in [0.2, 0.25) is 5.91 Å². The minimum atomic E-state index is -0.579. The summed E-state index contributed by atoms with van der Waals surface area (Å²) in [5.74, 6) is -0.245. The summed E-state index contributed by atoms with van der Waals surface area (Å²) in [7, 11) is 0. The third-order valence-electron chi connectivity index (χ3n) is 6.26. The van der Waals surface area contributed by atoms with E-state index in [1.165, 1.54) is 6.20 Å².